The van der Waals surface area contributed by atoms with Crippen molar-refractivity contribution in [3.05, 3.63) is 58.6 Å². The maximum absolute atomic E-state index is 12.7. The number of carbonyl (C=O) groups is 2. The molecule has 0 saturated carbocycles. The second-order valence-corrected chi connectivity index (χ2v) is 6.75. The van der Waals surface area contributed by atoms with Crippen LogP contribution in [-0.2, 0) is 9.59 Å². The first-order valence-electron chi connectivity index (χ1n) is 7.33. The van der Waals surface area contributed by atoms with Gasteiger partial charge in [0.05, 0.1) is 10.7 Å². The molecule has 126 valence electrons. The monoisotopic (exact) mass is 364 g/mol. The second kappa shape index (κ2) is 7.24. The summed E-state index contributed by atoms with van der Waals surface area (Å²) in [5, 5.41) is 3.47. The lowest BCUT2D eigenvalue weighted by molar-refractivity contribution is -0.136. The van der Waals surface area contributed by atoms with E-state index in [-0.39, 0.29) is 5.91 Å². The number of hydrogen-bond donors (Lipinski definition) is 1. The molecule has 2 aromatic carbocycles. The smallest absolute Gasteiger partial charge is 0.241 e. The predicted octanol–water partition coefficient (Wildman–Crippen LogP) is 4.62. The molecule has 0 unspecified atom stereocenters. The number of rotatable bonds is 4. The SMILES string of the molecule is CN(C(=O)C(C)(C)C(=O)Nc1ccc(Cl)cc1Cl)c1ccccc1. The third-order valence-corrected chi connectivity index (χ3v) is 4.28. The number of benzene rings is 2. The molecule has 24 heavy (non-hydrogen) atoms. The van der Waals surface area contributed by atoms with Gasteiger partial charge in [-0.3, -0.25) is 9.59 Å². The molecule has 0 heterocycles. The van der Waals surface area contributed by atoms with Gasteiger partial charge in [0.1, 0.15) is 5.41 Å². The largest absolute Gasteiger partial charge is 0.324 e. The van der Waals surface area contributed by atoms with Gasteiger partial charge in [0, 0.05) is 17.8 Å². The molecule has 0 aliphatic rings. The summed E-state index contributed by atoms with van der Waals surface area (Å²) in [4.78, 5) is 26.8. The van der Waals surface area contributed by atoms with E-state index in [0.717, 1.165) is 0 Å². The molecule has 2 amide bonds. The van der Waals surface area contributed by atoms with Crippen LogP contribution in [0, 0.1) is 5.41 Å². The Labute approximate surface area is 151 Å². The van der Waals surface area contributed by atoms with Crippen LogP contribution in [0.3, 0.4) is 0 Å². The number of anilines is 2. The van der Waals surface area contributed by atoms with Crippen molar-refractivity contribution in [2.45, 2.75) is 13.8 Å². The topological polar surface area (TPSA) is 49.4 Å². The maximum atomic E-state index is 12.7. The summed E-state index contributed by atoms with van der Waals surface area (Å²) in [5.74, 6) is -0.768. The van der Waals surface area contributed by atoms with Crippen molar-refractivity contribution in [3.63, 3.8) is 0 Å². The number of nitrogens with zero attached hydrogens (tertiary/aromatic N) is 1. The van der Waals surface area contributed by atoms with E-state index in [1.807, 2.05) is 30.3 Å². The van der Waals surface area contributed by atoms with Crippen LogP contribution in [-0.4, -0.2) is 18.9 Å². The van der Waals surface area contributed by atoms with E-state index >= 15 is 0 Å². The summed E-state index contributed by atoms with van der Waals surface area (Å²) in [6.45, 7) is 3.15. The van der Waals surface area contributed by atoms with Crippen LogP contribution in [0.5, 0.6) is 0 Å². The number of hydrogen-bond acceptors (Lipinski definition) is 2. The zero-order valence-electron chi connectivity index (χ0n) is 13.6. The van der Waals surface area contributed by atoms with Crippen LogP contribution in [0.4, 0.5) is 11.4 Å². The number of nitrogens with one attached hydrogen (secondary N) is 1. The molecule has 0 aliphatic heterocycles. The lowest BCUT2D eigenvalue weighted by atomic mass is 9.90. The van der Waals surface area contributed by atoms with Crippen LogP contribution in [0.25, 0.3) is 0 Å². The molecule has 0 radical (unpaired) electrons. The zero-order valence-corrected chi connectivity index (χ0v) is 15.2. The summed E-state index contributed by atoms with van der Waals surface area (Å²) < 4.78 is 0. The van der Waals surface area contributed by atoms with E-state index < -0.39 is 11.3 Å². The van der Waals surface area contributed by atoms with Gasteiger partial charge in [0.15, 0.2) is 0 Å². The van der Waals surface area contributed by atoms with Crippen LogP contribution < -0.4 is 10.2 Å². The molecule has 0 spiro atoms. The minimum atomic E-state index is -1.27. The van der Waals surface area contributed by atoms with Crippen molar-refractivity contribution in [2.75, 3.05) is 17.3 Å². The first kappa shape index (κ1) is 18.3. The highest BCUT2D eigenvalue weighted by Gasteiger charge is 2.38. The molecule has 6 heteroatoms. The first-order chi connectivity index (χ1) is 11.2. The van der Waals surface area contributed by atoms with Gasteiger partial charge in [-0.2, -0.15) is 0 Å². The van der Waals surface area contributed by atoms with Crippen LogP contribution in [0.15, 0.2) is 48.5 Å². The highest BCUT2D eigenvalue weighted by Crippen LogP contribution is 2.29. The maximum Gasteiger partial charge on any atom is 0.241 e. The molecule has 0 aliphatic carbocycles. The molecule has 0 fully saturated rings. The Kier molecular flexibility index (Phi) is 5.52. The van der Waals surface area contributed by atoms with Crippen molar-refractivity contribution in [1.82, 2.24) is 0 Å². The highest BCUT2D eigenvalue weighted by atomic mass is 35.5. The van der Waals surface area contributed by atoms with E-state index in [0.29, 0.717) is 21.4 Å². The number of halogens is 2. The molecule has 2 rings (SSSR count). The van der Waals surface area contributed by atoms with E-state index in [1.54, 1.807) is 33.0 Å². The Hall–Kier alpha value is -2.04. The van der Waals surface area contributed by atoms with Crippen molar-refractivity contribution in [1.29, 1.82) is 0 Å². The Morgan fingerprint density at radius 3 is 2.25 bits per heavy atom. The van der Waals surface area contributed by atoms with Crippen molar-refractivity contribution < 1.29 is 9.59 Å². The van der Waals surface area contributed by atoms with Gasteiger partial charge < -0.3 is 10.2 Å². The fourth-order valence-corrected chi connectivity index (χ4v) is 2.61. The van der Waals surface area contributed by atoms with E-state index in [1.165, 1.54) is 11.0 Å². The molecular formula is C18H18Cl2N2O2. The third-order valence-electron chi connectivity index (χ3n) is 3.73. The van der Waals surface area contributed by atoms with E-state index in [9.17, 15) is 9.59 Å². The average Bonchev–Trinajstić information content (AvgIpc) is 2.56. The first-order valence-corrected chi connectivity index (χ1v) is 8.09. The standard InChI is InChI=1S/C18H18Cl2N2O2/c1-18(2,17(24)22(3)13-7-5-4-6-8-13)16(23)21-15-10-9-12(19)11-14(15)20/h4-11H,1-3H3,(H,21,23). The molecule has 0 atom stereocenters. The van der Waals surface area contributed by atoms with E-state index in [4.69, 9.17) is 23.2 Å². The summed E-state index contributed by atoms with van der Waals surface area (Å²) >= 11 is 11.9. The minimum absolute atomic E-state index is 0.315. The van der Waals surface area contributed by atoms with Crippen molar-refractivity contribution >= 4 is 46.4 Å². The summed E-state index contributed by atoms with van der Waals surface area (Å²) in [7, 11) is 1.64. The Bertz CT molecular complexity index is 761. The normalized spacial score (nSPS) is 11.0. The lowest BCUT2D eigenvalue weighted by Gasteiger charge is -2.28. The van der Waals surface area contributed by atoms with Gasteiger partial charge in [0.25, 0.3) is 0 Å². The van der Waals surface area contributed by atoms with Crippen LogP contribution in [0.2, 0.25) is 10.0 Å². The zero-order chi connectivity index (χ0) is 17.9. The molecule has 1 N–H and O–H groups in total. The fourth-order valence-electron chi connectivity index (χ4n) is 2.15. The van der Waals surface area contributed by atoms with Crippen molar-refractivity contribution in [2.24, 2.45) is 5.41 Å². The number of amides is 2. The molecule has 2 aromatic rings. The Morgan fingerprint density at radius 1 is 1.04 bits per heavy atom. The number of para-hydroxylation sites is 1. The fraction of sp³-hybridized carbons (Fsp3) is 0.222. The van der Waals surface area contributed by atoms with Gasteiger partial charge in [-0.15, -0.1) is 0 Å². The molecule has 4 nitrogen and oxygen atoms in total. The minimum Gasteiger partial charge on any atom is -0.324 e. The van der Waals surface area contributed by atoms with Crippen molar-refractivity contribution in [3.8, 4) is 0 Å². The molecule has 0 saturated heterocycles. The van der Waals surface area contributed by atoms with Gasteiger partial charge in [-0.25, -0.2) is 0 Å². The quantitative estimate of drug-likeness (QED) is 0.804. The Morgan fingerprint density at radius 2 is 1.67 bits per heavy atom. The highest BCUT2D eigenvalue weighted by molar-refractivity contribution is 6.36. The molecule has 0 aromatic heterocycles. The molecule has 0 bridgehead atoms. The molecular weight excluding hydrogens is 347 g/mol. The Balaban J connectivity index is 2.19. The lowest BCUT2D eigenvalue weighted by Crippen LogP contribution is -2.46. The van der Waals surface area contributed by atoms with E-state index in [2.05, 4.69) is 5.32 Å². The average molecular weight is 365 g/mol. The predicted molar refractivity (Wildman–Crippen MR) is 98.7 cm³/mol. The van der Waals surface area contributed by atoms with Crippen LogP contribution in [0.1, 0.15) is 13.8 Å². The number of carbonyl (C=O) groups excluding carboxylic acids is 2. The summed E-state index contributed by atoms with van der Waals surface area (Å²) in [6.07, 6.45) is 0. The summed E-state index contributed by atoms with van der Waals surface area (Å²) in [5.41, 5.74) is -0.143. The second-order valence-electron chi connectivity index (χ2n) is 5.90. The van der Waals surface area contributed by atoms with Gasteiger partial charge >= 0.3 is 0 Å². The third kappa shape index (κ3) is 3.89. The van der Waals surface area contributed by atoms with Gasteiger partial charge in [-0.1, -0.05) is 41.4 Å². The van der Waals surface area contributed by atoms with Gasteiger partial charge in [0.2, 0.25) is 11.8 Å². The van der Waals surface area contributed by atoms with Gasteiger partial charge in [-0.05, 0) is 44.2 Å². The van der Waals surface area contributed by atoms with Crippen LogP contribution >= 0.6 is 23.2 Å². The summed E-state index contributed by atoms with van der Waals surface area (Å²) in [6, 6.07) is 13.9.